The lowest BCUT2D eigenvalue weighted by atomic mass is 9.93. The molecule has 0 radical (unpaired) electrons. The van der Waals surface area contributed by atoms with Crippen LogP contribution >= 0.6 is 0 Å². The summed E-state index contributed by atoms with van der Waals surface area (Å²) in [7, 11) is 1.99. The molecule has 0 aliphatic carbocycles. The number of para-hydroxylation sites is 1. The maximum Gasteiger partial charge on any atom is 0.257 e. The Labute approximate surface area is 127 Å². The summed E-state index contributed by atoms with van der Waals surface area (Å²) in [5.41, 5.74) is 0.688. The number of ether oxygens (including phenoxy) is 1. The Balaban J connectivity index is 1.96. The summed E-state index contributed by atoms with van der Waals surface area (Å²) in [6, 6.07) is 7.54. The fourth-order valence-corrected chi connectivity index (χ4v) is 2.87. The van der Waals surface area contributed by atoms with Gasteiger partial charge in [-0.25, -0.2) is 0 Å². The molecule has 1 aliphatic rings. The van der Waals surface area contributed by atoms with Crippen molar-refractivity contribution in [2.75, 3.05) is 33.3 Å². The molecule has 0 atom stereocenters. The second-order valence-corrected chi connectivity index (χ2v) is 5.56. The number of nitrogens with one attached hydrogen (secondary N) is 1. The van der Waals surface area contributed by atoms with Crippen molar-refractivity contribution in [2.24, 2.45) is 5.92 Å². The topological polar surface area (TPSA) is 41.6 Å². The highest BCUT2D eigenvalue weighted by atomic mass is 16.5. The summed E-state index contributed by atoms with van der Waals surface area (Å²) in [6.07, 6.45) is 3.41. The van der Waals surface area contributed by atoms with E-state index < -0.39 is 0 Å². The maximum absolute atomic E-state index is 12.6. The van der Waals surface area contributed by atoms with Crippen LogP contribution < -0.4 is 10.1 Å². The first-order valence-electron chi connectivity index (χ1n) is 7.92. The molecule has 1 amide bonds. The molecule has 0 unspecified atom stereocenters. The fraction of sp³-hybridized carbons (Fsp3) is 0.588. The van der Waals surface area contributed by atoms with Gasteiger partial charge < -0.3 is 15.0 Å². The summed E-state index contributed by atoms with van der Waals surface area (Å²) < 4.78 is 5.57. The molecule has 2 rings (SSSR count). The Morgan fingerprint density at radius 3 is 2.71 bits per heavy atom. The van der Waals surface area contributed by atoms with Gasteiger partial charge in [0.15, 0.2) is 0 Å². The van der Waals surface area contributed by atoms with Crippen molar-refractivity contribution in [3.05, 3.63) is 29.8 Å². The number of hydrogen-bond acceptors (Lipinski definition) is 3. The monoisotopic (exact) mass is 290 g/mol. The van der Waals surface area contributed by atoms with E-state index in [2.05, 4.69) is 5.32 Å². The van der Waals surface area contributed by atoms with Crippen molar-refractivity contribution in [2.45, 2.75) is 26.2 Å². The number of piperidine rings is 1. The minimum Gasteiger partial charge on any atom is -0.493 e. The summed E-state index contributed by atoms with van der Waals surface area (Å²) in [4.78, 5) is 14.6. The summed E-state index contributed by atoms with van der Waals surface area (Å²) in [5, 5.41) is 3.20. The molecule has 0 saturated carbocycles. The average molecular weight is 290 g/mol. The summed E-state index contributed by atoms with van der Waals surface area (Å²) in [5.74, 6) is 1.54. The zero-order chi connectivity index (χ0) is 15.1. The number of benzene rings is 1. The standard InChI is InChI=1S/C17H26N2O2/c1-3-21-16-7-5-4-6-15(16)17(20)19-12-9-14(10-13-19)8-11-18-2/h4-7,14,18H,3,8-13H2,1-2H3. The molecule has 1 heterocycles. The Morgan fingerprint density at radius 2 is 2.05 bits per heavy atom. The van der Waals surface area contributed by atoms with Crippen molar-refractivity contribution in [1.29, 1.82) is 0 Å². The van der Waals surface area contributed by atoms with E-state index in [-0.39, 0.29) is 5.91 Å². The Hall–Kier alpha value is -1.55. The van der Waals surface area contributed by atoms with Crippen LogP contribution in [-0.4, -0.2) is 44.1 Å². The van der Waals surface area contributed by atoms with E-state index in [0.717, 1.165) is 38.4 Å². The van der Waals surface area contributed by atoms with E-state index in [1.165, 1.54) is 6.42 Å². The number of carbonyl (C=O) groups is 1. The second-order valence-electron chi connectivity index (χ2n) is 5.56. The van der Waals surface area contributed by atoms with Crippen molar-refractivity contribution < 1.29 is 9.53 Å². The van der Waals surface area contributed by atoms with Crippen LogP contribution in [0.1, 0.15) is 36.5 Å². The van der Waals surface area contributed by atoms with Gasteiger partial charge in [0, 0.05) is 13.1 Å². The molecule has 116 valence electrons. The van der Waals surface area contributed by atoms with Gasteiger partial charge in [-0.1, -0.05) is 12.1 Å². The van der Waals surface area contributed by atoms with Gasteiger partial charge in [-0.2, -0.15) is 0 Å². The molecule has 0 spiro atoms. The molecule has 0 aromatic heterocycles. The lowest BCUT2D eigenvalue weighted by Crippen LogP contribution is -2.39. The van der Waals surface area contributed by atoms with E-state index in [9.17, 15) is 4.79 Å². The second kappa shape index (κ2) is 8.03. The number of carbonyl (C=O) groups excluding carboxylic acids is 1. The lowest BCUT2D eigenvalue weighted by molar-refractivity contribution is 0.0683. The number of nitrogens with zero attached hydrogens (tertiary/aromatic N) is 1. The molecule has 1 aromatic carbocycles. The van der Waals surface area contributed by atoms with E-state index >= 15 is 0 Å². The fourth-order valence-electron chi connectivity index (χ4n) is 2.87. The molecule has 1 aliphatic heterocycles. The van der Waals surface area contributed by atoms with Gasteiger partial charge in [-0.3, -0.25) is 4.79 Å². The van der Waals surface area contributed by atoms with E-state index in [0.29, 0.717) is 17.9 Å². The van der Waals surface area contributed by atoms with Crippen LogP contribution in [-0.2, 0) is 0 Å². The molecule has 4 heteroatoms. The largest absolute Gasteiger partial charge is 0.493 e. The molecule has 1 aromatic rings. The maximum atomic E-state index is 12.6. The highest BCUT2D eigenvalue weighted by molar-refractivity contribution is 5.97. The van der Waals surface area contributed by atoms with E-state index in [1.54, 1.807) is 0 Å². The van der Waals surface area contributed by atoms with Crippen LogP contribution in [0.3, 0.4) is 0 Å². The molecule has 0 bridgehead atoms. The van der Waals surface area contributed by atoms with Crippen LogP contribution in [0.5, 0.6) is 5.75 Å². The first-order chi connectivity index (χ1) is 10.3. The van der Waals surface area contributed by atoms with Crippen LogP contribution in [0.2, 0.25) is 0 Å². The predicted octanol–water partition coefficient (Wildman–Crippen LogP) is 2.55. The van der Waals surface area contributed by atoms with E-state index in [1.807, 2.05) is 43.1 Å². The third kappa shape index (κ3) is 4.21. The Kier molecular flexibility index (Phi) is 6.05. The third-order valence-corrected chi connectivity index (χ3v) is 4.12. The number of likely N-dealkylation sites (tertiary alicyclic amines) is 1. The molecule has 1 fully saturated rings. The number of hydrogen-bond donors (Lipinski definition) is 1. The van der Waals surface area contributed by atoms with Gasteiger partial charge in [-0.15, -0.1) is 0 Å². The molecule has 1 saturated heterocycles. The highest BCUT2D eigenvalue weighted by Gasteiger charge is 2.24. The van der Waals surface area contributed by atoms with Crippen LogP contribution in [0, 0.1) is 5.92 Å². The summed E-state index contributed by atoms with van der Waals surface area (Å²) in [6.45, 7) is 5.29. The SMILES string of the molecule is CCOc1ccccc1C(=O)N1CCC(CCNC)CC1. The molecular weight excluding hydrogens is 264 g/mol. The number of rotatable bonds is 6. The zero-order valence-corrected chi connectivity index (χ0v) is 13.1. The highest BCUT2D eigenvalue weighted by Crippen LogP contribution is 2.24. The predicted molar refractivity (Wildman–Crippen MR) is 84.8 cm³/mol. The Morgan fingerprint density at radius 1 is 1.33 bits per heavy atom. The Bertz CT molecular complexity index is 454. The number of amides is 1. The third-order valence-electron chi connectivity index (χ3n) is 4.12. The van der Waals surface area contributed by atoms with Crippen LogP contribution in [0.25, 0.3) is 0 Å². The molecule has 4 nitrogen and oxygen atoms in total. The van der Waals surface area contributed by atoms with Crippen molar-refractivity contribution in [3.63, 3.8) is 0 Å². The normalized spacial score (nSPS) is 16.0. The smallest absolute Gasteiger partial charge is 0.257 e. The van der Waals surface area contributed by atoms with Crippen molar-refractivity contribution >= 4 is 5.91 Å². The van der Waals surface area contributed by atoms with Crippen molar-refractivity contribution in [1.82, 2.24) is 10.2 Å². The minimum atomic E-state index is 0.103. The first kappa shape index (κ1) is 15.8. The van der Waals surface area contributed by atoms with Gasteiger partial charge in [0.05, 0.1) is 12.2 Å². The van der Waals surface area contributed by atoms with Gasteiger partial charge in [-0.05, 0) is 57.8 Å². The van der Waals surface area contributed by atoms with Crippen LogP contribution in [0.4, 0.5) is 0 Å². The van der Waals surface area contributed by atoms with Gasteiger partial charge in [0.1, 0.15) is 5.75 Å². The molecular formula is C17H26N2O2. The van der Waals surface area contributed by atoms with Crippen molar-refractivity contribution in [3.8, 4) is 5.75 Å². The van der Waals surface area contributed by atoms with Gasteiger partial charge >= 0.3 is 0 Å². The minimum absolute atomic E-state index is 0.103. The summed E-state index contributed by atoms with van der Waals surface area (Å²) >= 11 is 0. The molecule has 1 N–H and O–H groups in total. The lowest BCUT2D eigenvalue weighted by Gasteiger charge is -2.32. The molecule has 21 heavy (non-hydrogen) atoms. The van der Waals surface area contributed by atoms with E-state index in [4.69, 9.17) is 4.74 Å². The first-order valence-corrected chi connectivity index (χ1v) is 7.92. The van der Waals surface area contributed by atoms with Crippen LogP contribution in [0.15, 0.2) is 24.3 Å². The quantitative estimate of drug-likeness (QED) is 0.875. The average Bonchev–Trinajstić information content (AvgIpc) is 2.53. The van der Waals surface area contributed by atoms with Gasteiger partial charge in [0.2, 0.25) is 0 Å². The van der Waals surface area contributed by atoms with Gasteiger partial charge in [0.25, 0.3) is 5.91 Å². The zero-order valence-electron chi connectivity index (χ0n) is 13.1.